The summed E-state index contributed by atoms with van der Waals surface area (Å²) in [4.78, 5) is 23.2. The van der Waals surface area contributed by atoms with Crippen LogP contribution in [0.2, 0.25) is 0 Å². The number of esters is 1. The SMILES string of the molecule is CCOc1ccccc1C(=O)NC(C)CC(=O)OC. The molecule has 0 aliphatic heterocycles. The minimum atomic E-state index is -0.356. The average Bonchev–Trinajstić information content (AvgIpc) is 2.39. The Morgan fingerprint density at radius 3 is 2.63 bits per heavy atom. The van der Waals surface area contributed by atoms with Gasteiger partial charge in [0.05, 0.1) is 25.7 Å². The standard InChI is InChI=1S/C14H19NO4/c1-4-19-12-8-6-5-7-11(12)14(17)15-10(2)9-13(16)18-3/h5-8,10H,4,9H2,1-3H3,(H,15,17). The number of carbonyl (C=O) groups excluding carboxylic acids is 2. The van der Waals surface area contributed by atoms with Gasteiger partial charge in [0.25, 0.3) is 5.91 Å². The third-order valence-corrected chi connectivity index (χ3v) is 2.51. The van der Waals surface area contributed by atoms with Gasteiger partial charge in [-0.05, 0) is 26.0 Å². The molecule has 0 fully saturated rings. The first kappa shape index (κ1) is 15.0. The lowest BCUT2D eigenvalue weighted by Gasteiger charge is -2.14. The lowest BCUT2D eigenvalue weighted by molar-refractivity contribution is -0.141. The van der Waals surface area contributed by atoms with E-state index in [1.54, 1.807) is 31.2 Å². The minimum absolute atomic E-state index is 0.138. The molecule has 1 aromatic carbocycles. The molecule has 0 saturated carbocycles. The van der Waals surface area contributed by atoms with Crippen LogP contribution >= 0.6 is 0 Å². The molecule has 104 valence electrons. The van der Waals surface area contributed by atoms with Crippen molar-refractivity contribution in [1.82, 2.24) is 5.32 Å². The predicted octanol–water partition coefficient (Wildman–Crippen LogP) is 1.77. The van der Waals surface area contributed by atoms with Gasteiger partial charge in [0.1, 0.15) is 5.75 Å². The second-order valence-corrected chi connectivity index (χ2v) is 4.08. The Morgan fingerprint density at radius 1 is 1.32 bits per heavy atom. The Balaban J connectivity index is 2.70. The van der Waals surface area contributed by atoms with Crippen molar-refractivity contribution in [2.24, 2.45) is 0 Å². The average molecular weight is 265 g/mol. The van der Waals surface area contributed by atoms with Crippen LogP contribution in [-0.4, -0.2) is 31.6 Å². The minimum Gasteiger partial charge on any atom is -0.493 e. The molecule has 1 atom stereocenters. The molecule has 1 aromatic rings. The van der Waals surface area contributed by atoms with E-state index in [0.29, 0.717) is 17.9 Å². The summed E-state index contributed by atoms with van der Waals surface area (Å²) in [5, 5.41) is 2.74. The summed E-state index contributed by atoms with van der Waals surface area (Å²) in [6.07, 6.45) is 0.138. The van der Waals surface area contributed by atoms with Crippen LogP contribution in [0.25, 0.3) is 0 Å². The van der Waals surface area contributed by atoms with E-state index < -0.39 is 0 Å². The van der Waals surface area contributed by atoms with Gasteiger partial charge in [-0.2, -0.15) is 0 Å². The monoisotopic (exact) mass is 265 g/mol. The molecule has 1 unspecified atom stereocenters. The van der Waals surface area contributed by atoms with E-state index in [4.69, 9.17) is 4.74 Å². The molecule has 0 aliphatic rings. The molecule has 0 bridgehead atoms. The van der Waals surface area contributed by atoms with E-state index in [1.807, 2.05) is 6.92 Å². The highest BCUT2D eigenvalue weighted by atomic mass is 16.5. The summed E-state index contributed by atoms with van der Waals surface area (Å²) in [6.45, 7) is 4.09. The summed E-state index contributed by atoms with van der Waals surface area (Å²) < 4.78 is 9.95. The quantitative estimate of drug-likeness (QED) is 0.796. The van der Waals surface area contributed by atoms with Gasteiger partial charge in [-0.15, -0.1) is 0 Å². The van der Waals surface area contributed by atoms with Crippen molar-refractivity contribution in [2.75, 3.05) is 13.7 Å². The summed E-state index contributed by atoms with van der Waals surface area (Å²) in [7, 11) is 1.32. The van der Waals surface area contributed by atoms with Crippen molar-refractivity contribution in [1.29, 1.82) is 0 Å². The fourth-order valence-corrected chi connectivity index (χ4v) is 1.62. The lowest BCUT2D eigenvalue weighted by Crippen LogP contribution is -2.34. The molecule has 0 radical (unpaired) electrons. The van der Waals surface area contributed by atoms with Crippen LogP contribution in [0.5, 0.6) is 5.75 Å². The van der Waals surface area contributed by atoms with Crippen molar-refractivity contribution in [3.8, 4) is 5.75 Å². The number of ether oxygens (including phenoxy) is 2. The van der Waals surface area contributed by atoms with E-state index in [0.717, 1.165) is 0 Å². The number of benzene rings is 1. The summed E-state index contributed by atoms with van der Waals surface area (Å²) in [5.41, 5.74) is 0.459. The molecule has 5 heteroatoms. The Labute approximate surface area is 112 Å². The Hall–Kier alpha value is -2.04. The van der Waals surface area contributed by atoms with Gasteiger partial charge in [-0.1, -0.05) is 12.1 Å². The van der Waals surface area contributed by atoms with Crippen LogP contribution in [-0.2, 0) is 9.53 Å². The molecule has 0 spiro atoms. The van der Waals surface area contributed by atoms with E-state index in [1.165, 1.54) is 7.11 Å². The first-order valence-electron chi connectivity index (χ1n) is 6.18. The predicted molar refractivity (Wildman–Crippen MR) is 71.2 cm³/mol. The fourth-order valence-electron chi connectivity index (χ4n) is 1.62. The third kappa shape index (κ3) is 4.62. The van der Waals surface area contributed by atoms with Crippen LogP contribution in [0.3, 0.4) is 0 Å². The normalized spacial score (nSPS) is 11.5. The molecule has 1 rings (SSSR count). The van der Waals surface area contributed by atoms with Crippen molar-refractivity contribution in [2.45, 2.75) is 26.3 Å². The van der Waals surface area contributed by atoms with Crippen molar-refractivity contribution < 1.29 is 19.1 Å². The topological polar surface area (TPSA) is 64.6 Å². The van der Waals surface area contributed by atoms with E-state index >= 15 is 0 Å². The van der Waals surface area contributed by atoms with Gasteiger partial charge in [0, 0.05) is 6.04 Å². The maximum Gasteiger partial charge on any atom is 0.307 e. The van der Waals surface area contributed by atoms with Crippen LogP contribution in [0.1, 0.15) is 30.6 Å². The number of para-hydroxylation sites is 1. The van der Waals surface area contributed by atoms with Crippen LogP contribution in [0.4, 0.5) is 0 Å². The molecule has 0 aliphatic carbocycles. The maximum atomic E-state index is 12.1. The molecule has 0 saturated heterocycles. The summed E-state index contributed by atoms with van der Waals surface area (Å²) >= 11 is 0. The largest absolute Gasteiger partial charge is 0.493 e. The van der Waals surface area contributed by atoms with Crippen molar-refractivity contribution in [3.63, 3.8) is 0 Å². The fraction of sp³-hybridized carbons (Fsp3) is 0.429. The van der Waals surface area contributed by atoms with Gasteiger partial charge < -0.3 is 14.8 Å². The zero-order valence-corrected chi connectivity index (χ0v) is 11.4. The molecular formula is C14H19NO4. The summed E-state index contributed by atoms with van der Waals surface area (Å²) in [5.74, 6) is -0.0842. The number of hydrogen-bond donors (Lipinski definition) is 1. The molecule has 19 heavy (non-hydrogen) atoms. The molecule has 5 nitrogen and oxygen atoms in total. The van der Waals surface area contributed by atoms with E-state index in [9.17, 15) is 9.59 Å². The molecule has 0 aromatic heterocycles. The van der Waals surface area contributed by atoms with E-state index in [-0.39, 0.29) is 24.3 Å². The van der Waals surface area contributed by atoms with Crippen LogP contribution in [0, 0.1) is 0 Å². The van der Waals surface area contributed by atoms with Gasteiger partial charge in [0.15, 0.2) is 0 Å². The van der Waals surface area contributed by atoms with Gasteiger partial charge in [0.2, 0.25) is 0 Å². The Kier molecular flexibility index (Phi) is 5.85. The first-order chi connectivity index (χ1) is 9.08. The second-order valence-electron chi connectivity index (χ2n) is 4.08. The molecule has 1 N–H and O–H groups in total. The Morgan fingerprint density at radius 2 is 2.00 bits per heavy atom. The lowest BCUT2D eigenvalue weighted by atomic mass is 10.1. The highest BCUT2D eigenvalue weighted by Gasteiger charge is 2.16. The highest BCUT2D eigenvalue weighted by molar-refractivity contribution is 5.97. The third-order valence-electron chi connectivity index (χ3n) is 2.51. The molecular weight excluding hydrogens is 246 g/mol. The smallest absolute Gasteiger partial charge is 0.307 e. The number of amides is 1. The number of nitrogens with one attached hydrogen (secondary N) is 1. The summed E-state index contributed by atoms with van der Waals surface area (Å²) in [6, 6.07) is 6.70. The zero-order chi connectivity index (χ0) is 14.3. The number of rotatable bonds is 6. The molecule has 0 heterocycles. The van der Waals surface area contributed by atoms with Crippen LogP contribution < -0.4 is 10.1 Å². The Bertz CT molecular complexity index is 445. The van der Waals surface area contributed by atoms with Gasteiger partial charge >= 0.3 is 5.97 Å². The van der Waals surface area contributed by atoms with Gasteiger partial charge in [-0.3, -0.25) is 9.59 Å². The van der Waals surface area contributed by atoms with Crippen molar-refractivity contribution >= 4 is 11.9 Å². The highest BCUT2D eigenvalue weighted by Crippen LogP contribution is 2.17. The maximum absolute atomic E-state index is 12.1. The number of hydrogen-bond acceptors (Lipinski definition) is 4. The van der Waals surface area contributed by atoms with Gasteiger partial charge in [-0.25, -0.2) is 0 Å². The first-order valence-corrected chi connectivity index (χ1v) is 6.18. The van der Waals surface area contributed by atoms with E-state index in [2.05, 4.69) is 10.1 Å². The number of carbonyl (C=O) groups is 2. The van der Waals surface area contributed by atoms with Crippen molar-refractivity contribution in [3.05, 3.63) is 29.8 Å². The molecule has 1 amide bonds. The second kappa shape index (κ2) is 7.41. The zero-order valence-electron chi connectivity index (χ0n) is 11.4. The number of methoxy groups -OCH3 is 1. The van der Waals surface area contributed by atoms with Crippen LogP contribution in [0.15, 0.2) is 24.3 Å².